The number of ether oxygens (including phenoxy) is 1. The molecular formula is C14H12INO2. The molecule has 0 spiro atoms. The van der Waals surface area contributed by atoms with Crippen LogP contribution >= 0.6 is 22.6 Å². The fourth-order valence-corrected chi connectivity index (χ4v) is 1.79. The van der Waals surface area contributed by atoms with E-state index >= 15 is 0 Å². The van der Waals surface area contributed by atoms with Gasteiger partial charge < -0.3 is 9.84 Å². The van der Waals surface area contributed by atoms with Crippen molar-refractivity contribution in [2.75, 3.05) is 7.11 Å². The van der Waals surface area contributed by atoms with Gasteiger partial charge in [0.25, 0.3) is 0 Å². The Labute approximate surface area is 119 Å². The predicted octanol–water partition coefficient (Wildman–Crippen LogP) is 3.76. The van der Waals surface area contributed by atoms with Crippen LogP contribution in [0, 0.1) is 3.57 Å². The minimum atomic E-state index is 0.156. The molecule has 2 aromatic rings. The molecule has 0 unspecified atom stereocenters. The second-order valence-corrected chi connectivity index (χ2v) is 4.90. The Morgan fingerprint density at radius 3 is 2.50 bits per heavy atom. The highest BCUT2D eigenvalue weighted by Gasteiger charge is 2.00. The Hall–Kier alpha value is -1.56. The Morgan fingerprint density at radius 1 is 1.17 bits per heavy atom. The molecule has 0 aromatic heterocycles. The number of nitrogens with zero attached hydrogens (tertiary/aromatic N) is 1. The molecule has 2 rings (SSSR count). The van der Waals surface area contributed by atoms with Crippen molar-refractivity contribution in [2.45, 2.75) is 0 Å². The number of hydrogen-bond acceptors (Lipinski definition) is 3. The lowest BCUT2D eigenvalue weighted by atomic mass is 10.2. The Kier molecular flexibility index (Phi) is 4.19. The van der Waals surface area contributed by atoms with Gasteiger partial charge in [-0.3, -0.25) is 4.99 Å². The molecule has 0 fully saturated rings. The number of methoxy groups -OCH3 is 1. The summed E-state index contributed by atoms with van der Waals surface area (Å²) in [5, 5.41) is 9.77. The van der Waals surface area contributed by atoms with Gasteiger partial charge in [0.15, 0.2) is 0 Å². The zero-order valence-electron chi connectivity index (χ0n) is 9.80. The van der Waals surface area contributed by atoms with E-state index in [4.69, 9.17) is 4.74 Å². The summed E-state index contributed by atoms with van der Waals surface area (Å²) in [6.45, 7) is 0. The van der Waals surface area contributed by atoms with Crippen molar-refractivity contribution in [1.29, 1.82) is 0 Å². The molecule has 0 saturated heterocycles. The molecule has 3 nitrogen and oxygen atoms in total. The van der Waals surface area contributed by atoms with Gasteiger partial charge in [0, 0.05) is 21.4 Å². The molecule has 0 saturated carbocycles. The minimum absolute atomic E-state index is 0.156. The zero-order chi connectivity index (χ0) is 13.0. The van der Waals surface area contributed by atoms with E-state index in [1.54, 1.807) is 31.5 Å². The van der Waals surface area contributed by atoms with Crippen molar-refractivity contribution in [3.63, 3.8) is 0 Å². The predicted molar refractivity (Wildman–Crippen MR) is 81.1 cm³/mol. The number of benzene rings is 2. The summed E-state index contributed by atoms with van der Waals surface area (Å²) in [4.78, 5) is 4.30. The van der Waals surface area contributed by atoms with Crippen LogP contribution in [-0.2, 0) is 0 Å². The standard InChI is InChI=1S/C14H12INO2/c1-18-13-7-2-10(14(17)8-13)9-16-12-5-3-11(15)4-6-12/h2-9,17H,1H3. The summed E-state index contributed by atoms with van der Waals surface area (Å²) < 4.78 is 6.19. The van der Waals surface area contributed by atoms with E-state index in [1.807, 2.05) is 24.3 Å². The third-order valence-electron chi connectivity index (χ3n) is 2.42. The van der Waals surface area contributed by atoms with Gasteiger partial charge in [0.1, 0.15) is 11.5 Å². The molecule has 0 atom stereocenters. The van der Waals surface area contributed by atoms with Gasteiger partial charge in [-0.25, -0.2) is 0 Å². The van der Waals surface area contributed by atoms with E-state index in [0.717, 1.165) is 5.69 Å². The molecule has 0 aliphatic carbocycles. The van der Waals surface area contributed by atoms with Crippen molar-refractivity contribution < 1.29 is 9.84 Å². The molecule has 0 aliphatic heterocycles. The summed E-state index contributed by atoms with van der Waals surface area (Å²) in [6, 6.07) is 13.0. The maximum absolute atomic E-state index is 9.77. The molecule has 0 heterocycles. The summed E-state index contributed by atoms with van der Waals surface area (Å²) in [7, 11) is 1.56. The van der Waals surface area contributed by atoms with E-state index in [-0.39, 0.29) is 5.75 Å². The number of phenolic OH excluding ortho intramolecular Hbond substituents is 1. The highest BCUT2D eigenvalue weighted by Crippen LogP contribution is 2.22. The fourth-order valence-electron chi connectivity index (χ4n) is 1.43. The largest absolute Gasteiger partial charge is 0.507 e. The number of halogens is 1. The lowest BCUT2D eigenvalue weighted by Gasteiger charge is -2.02. The number of phenols is 1. The first kappa shape index (κ1) is 12.9. The van der Waals surface area contributed by atoms with Crippen LogP contribution in [0.5, 0.6) is 11.5 Å². The maximum Gasteiger partial charge on any atom is 0.128 e. The Balaban J connectivity index is 2.20. The van der Waals surface area contributed by atoms with Crippen LogP contribution in [0.3, 0.4) is 0 Å². The van der Waals surface area contributed by atoms with Gasteiger partial charge in [-0.05, 0) is 59.0 Å². The van der Waals surface area contributed by atoms with E-state index < -0.39 is 0 Å². The van der Waals surface area contributed by atoms with Crippen molar-refractivity contribution in [3.8, 4) is 11.5 Å². The lowest BCUT2D eigenvalue weighted by Crippen LogP contribution is -1.86. The van der Waals surface area contributed by atoms with Crippen LogP contribution in [0.1, 0.15) is 5.56 Å². The minimum Gasteiger partial charge on any atom is -0.507 e. The molecular weight excluding hydrogens is 341 g/mol. The number of aliphatic imine (C=N–C) groups is 1. The first-order valence-corrected chi connectivity index (χ1v) is 6.43. The van der Waals surface area contributed by atoms with Gasteiger partial charge in [-0.2, -0.15) is 0 Å². The van der Waals surface area contributed by atoms with Crippen LogP contribution in [0.15, 0.2) is 47.5 Å². The number of aromatic hydroxyl groups is 1. The van der Waals surface area contributed by atoms with Gasteiger partial charge >= 0.3 is 0 Å². The van der Waals surface area contributed by atoms with Crippen molar-refractivity contribution in [1.82, 2.24) is 0 Å². The quantitative estimate of drug-likeness (QED) is 0.675. The molecule has 92 valence electrons. The normalized spacial score (nSPS) is 10.8. The highest BCUT2D eigenvalue weighted by molar-refractivity contribution is 14.1. The van der Waals surface area contributed by atoms with Gasteiger partial charge in [-0.1, -0.05) is 0 Å². The summed E-state index contributed by atoms with van der Waals surface area (Å²) in [6.07, 6.45) is 1.64. The first-order valence-electron chi connectivity index (χ1n) is 5.35. The zero-order valence-corrected chi connectivity index (χ0v) is 12.0. The Morgan fingerprint density at radius 2 is 1.89 bits per heavy atom. The second kappa shape index (κ2) is 5.86. The van der Waals surface area contributed by atoms with E-state index in [2.05, 4.69) is 27.6 Å². The average Bonchev–Trinajstić information content (AvgIpc) is 2.39. The molecule has 0 bridgehead atoms. The van der Waals surface area contributed by atoms with Crippen molar-refractivity contribution in [3.05, 3.63) is 51.6 Å². The van der Waals surface area contributed by atoms with E-state index in [1.165, 1.54) is 3.57 Å². The lowest BCUT2D eigenvalue weighted by molar-refractivity contribution is 0.407. The SMILES string of the molecule is COc1ccc(C=Nc2ccc(I)cc2)c(O)c1. The monoisotopic (exact) mass is 353 g/mol. The summed E-state index contributed by atoms with van der Waals surface area (Å²) in [5.74, 6) is 0.780. The average molecular weight is 353 g/mol. The van der Waals surface area contributed by atoms with Crippen LogP contribution in [0.2, 0.25) is 0 Å². The van der Waals surface area contributed by atoms with Crippen LogP contribution < -0.4 is 4.74 Å². The van der Waals surface area contributed by atoms with Crippen molar-refractivity contribution >= 4 is 34.5 Å². The smallest absolute Gasteiger partial charge is 0.128 e. The van der Waals surface area contributed by atoms with Gasteiger partial charge in [0.2, 0.25) is 0 Å². The van der Waals surface area contributed by atoms with Crippen LogP contribution in [0.25, 0.3) is 0 Å². The molecule has 2 aromatic carbocycles. The highest BCUT2D eigenvalue weighted by atomic mass is 127. The van der Waals surface area contributed by atoms with E-state index in [9.17, 15) is 5.11 Å². The molecule has 1 N–H and O–H groups in total. The molecule has 4 heteroatoms. The van der Waals surface area contributed by atoms with Crippen LogP contribution in [0.4, 0.5) is 5.69 Å². The molecule has 0 aliphatic rings. The summed E-state index contributed by atoms with van der Waals surface area (Å²) in [5.41, 5.74) is 1.51. The number of hydrogen-bond donors (Lipinski definition) is 1. The first-order chi connectivity index (χ1) is 8.69. The van der Waals surface area contributed by atoms with Gasteiger partial charge in [-0.15, -0.1) is 0 Å². The maximum atomic E-state index is 9.77. The van der Waals surface area contributed by atoms with Crippen molar-refractivity contribution in [2.24, 2.45) is 4.99 Å². The van der Waals surface area contributed by atoms with E-state index in [0.29, 0.717) is 11.3 Å². The summed E-state index contributed by atoms with van der Waals surface area (Å²) >= 11 is 2.24. The fraction of sp³-hybridized carbons (Fsp3) is 0.0714. The topological polar surface area (TPSA) is 41.8 Å². The van der Waals surface area contributed by atoms with Crippen LogP contribution in [-0.4, -0.2) is 18.4 Å². The molecule has 18 heavy (non-hydrogen) atoms. The third-order valence-corrected chi connectivity index (χ3v) is 3.14. The van der Waals surface area contributed by atoms with Gasteiger partial charge in [0.05, 0.1) is 12.8 Å². The number of rotatable bonds is 3. The second-order valence-electron chi connectivity index (χ2n) is 3.66. The Bertz CT molecular complexity index is 565. The molecule has 0 amide bonds. The third kappa shape index (κ3) is 3.22. The molecule has 0 radical (unpaired) electrons.